The minimum atomic E-state index is -1.61. The highest BCUT2D eigenvalue weighted by Gasteiger charge is 2.28. The van der Waals surface area contributed by atoms with Gasteiger partial charge in [0.25, 0.3) is 6.08 Å². The maximum atomic E-state index is 14.7. The quantitative estimate of drug-likeness (QED) is 0.124. The second kappa shape index (κ2) is 18.8. The van der Waals surface area contributed by atoms with E-state index in [1.54, 1.807) is 26.0 Å². The van der Waals surface area contributed by atoms with Crippen LogP contribution in [0.4, 0.5) is 26.3 Å². The Hall–Kier alpha value is -2.64. The standard InChI is InChI=1S/C39H52F6O2/c1-3-46-33-23-21-31(36(42)38(33)44)29-17-13-26(14-18-29)9-5-7-11-28(25-35(40)41)12-8-6-10-27-15-19-30(20-16-27)32-22-24-34(47-4-2)39(45)37(32)43/h21-30H,3-20H2,1-2H3. The Morgan fingerprint density at radius 3 is 1.38 bits per heavy atom. The van der Waals surface area contributed by atoms with Crippen molar-refractivity contribution in [3.05, 3.63) is 70.8 Å². The van der Waals surface area contributed by atoms with E-state index in [1.165, 1.54) is 12.1 Å². The lowest BCUT2D eigenvalue weighted by Gasteiger charge is -2.29. The van der Waals surface area contributed by atoms with Crippen LogP contribution in [0.15, 0.2) is 36.4 Å². The molecule has 0 saturated heterocycles. The van der Waals surface area contributed by atoms with E-state index in [1.807, 2.05) is 0 Å². The van der Waals surface area contributed by atoms with E-state index in [-0.39, 0.29) is 42.5 Å². The van der Waals surface area contributed by atoms with Crippen molar-refractivity contribution in [1.82, 2.24) is 0 Å². The lowest BCUT2D eigenvalue weighted by atomic mass is 9.76. The monoisotopic (exact) mass is 666 g/mol. The first kappa shape index (κ1) is 37.2. The molecule has 0 unspecified atom stereocenters. The average molecular weight is 667 g/mol. The van der Waals surface area contributed by atoms with Gasteiger partial charge in [-0.2, -0.15) is 17.6 Å². The first-order valence-electron chi connectivity index (χ1n) is 18.0. The number of allylic oxidation sites excluding steroid dienone is 1. The molecule has 0 radical (unpaired) electrons. The Morgan fingerprint density at radius 1 is 0.617 bits per heavy atom. The minimum absolute atomic E-state index is 0.0133. The fraction of sp³-hybridized carbons (Fsp3) is 0.641. The van der Waals surface area contributed by atoms with Crippen molar-refractivity contribution in [3.8, 4) is 11.5 Å². The molecule has 262 valence electrons. The molecule has 0 heterocycles. The van der Waals surface area contributed by atoms with Gasteiger partial charge in [0.15, 0.2) is 23.1 Å². The molecule has 0 aromatic heterocycles. The number of benzene rings is 2. The zero-order chi connectivity index (χ0) is 33.8. The smallest absolute Gasteiger partial charge is 0.266 e. The fourth-order valence-electron chi connectivity index (χ4n) is 7.95. The summed E-state index contributed by atoms with van der Waals surface area (Å²) in [6, 6.07) is 6.37. The second-order valence-corrected chi connectivity index (χ2v) is 13.6. The largest absolute Gasteiger partial charge is 0.491 e. The average Bonchev–Trinajstić information content (AvgIpc) is 3.06. The number of hydrogen-bond acceptors (Lipinski definition) is 2. The van der Waals surface area contributed by atoms with E-state index in [9.17, 15) is 26.3 Å². The topological polar surface area (TPSA) is 18.5 Å². The van der Waals surface area contributed by atoms with Crippen LogP contribution in [0.25, 0.3) is 0 Å². The highest BCUT2D eigenvalue weighted by Crippen LogP contribution is 2.42. The maximum Gasteiger partial charge on any atom is 0.266 e. The highest BCUT2D eigenvalue weighted by atomic mass is 19.3. The summed E-state index contributed by atoms with van der Waals surface area (Å²) in [7, 11) is 0. The van der Waals surface area contributed by atoms with Crippen molar-refractivity contribution in [3.63, 3.8) is 0 Å². The van der Waals surface area contributed by atoms with Crippen LogP contribution in [0.5, 0.6) is 11.5 Å². The molecule has 8 heteroatoms. The van der Waals surface area contributed by atoms with Gasteiger partial charge in [0.2, 0.25) is 11.6 Å². The van der Waals surface area contributed by atoms with Gasteiger partial charge in [-0.15, -0.1) is 0 Å². The molecule has 2 nitrogen and oxygen atoms in total. The Kier molecular flexibility index (Phi) is 14.9. The van der Waals surface area contributed by atoms with E-state index in [4.69, 9.17) is 9.47 Å². The lowest BCUT2D eigenvalue weighted by molar-refractivity contribution is 0.287. The molecule has 47 heavy (non-hydrogen) atoms. The Morgan fingerprint density at radius 2 is 1.02 bits per heavy atom. The summed E-state index contributed by atoms with van der Waals surface area (Å²) in [6.45, 7) is 4.04. The van der Waals surface area contributed by atoms with Crippen LogP contribution in [0, 0.1) is 41.0 Å². The molecular formula is C39H52F6O2. The summed E-state index contributed by atoms with van der Waals surface area (Å²) in [5.74, 6) is -2.50. The summed E-state index contributed by atoms with van der Waals surface area (Å²) < 4.78 is 94.8. The second-order valence-electron chi connectivity index (χ2n) is 13.6. The van der Waals surface area contributed by atoms with Crippen LogP contribution in [0.1, 0.15) is 140 Å². The molecule has 0 bridgehead atoms. The van der Waals surface area contributed by atoms with E-state index >= 15 is 0 Å². The van der Waals surface area contributed by atoms with Gasteiger partial charge >= 0.3 is 0 Å². The number of ether oxygens (including phenoxy) is 2. The van der Waals surface area contributed by atoms with Gasteiger partial charge in [-0.1, -0.05) is 50.7 Å². The first-order chi connectivity index (χ1) is 22.7. The molecule has 4 rings (SSSR count). The Balaban J connectivity index is 1.11. The lowest BCUT2D eigenvalue weighted by Crippen LogP contribution is -2.15. The molecule has 2 aromatic carbocycles. The third kappa shape index (κ3) is 10.7. The van der Waals surface area contributed by atoms with Gasteiger partial charge in [0.05, 0.1) is 13.2 Å². The van der Waals surface area contributed by atoms with Crippen molar-refractivity contribution < 1.29 is 35.8 Å². The van der Waals surface area contributed by atoms with Crippen LogP contribution in [0.2, 0.25) is 0 Å². The SMILES string of the molecule is CCOc1ccc(C2CCC(CCCCC(C=C(F)F)CCCCC3CCC(c4ccc(OCC)c(F)c4F)CC3)CC2)c(F)c1F. The number of hydrogen-bond donors (Lipinski definition) is 0. The van der Waals surface area contributed by atoms with Crippen LogP contribution >= 0.6 is 0 Å². The van der Waals surface area contributed by atoms with Crippen molar-refractivity contribution >= 4 is 0 Å². The third-order valence-corrected chi connectivity index (χ3v) is 10.6. The molecular weight excluding hydrogens is 614 g/mol. The molecule has 0 N–H and O–H groups in total. The molecule has 2 fully saturated rings. The van der Waals surface area contributed by atoms with Gasteiger partial charge in [-0.3, -0.25) is 0 Å². The van der Waals surface area contributed by atoms with E-state index in [2.05, 4.69) is 0 Å². The van der Waals surface area contributed by atoms with Gasteiger partial charge < -0.3 is 9.47 Å². The molecule has 2 aliphatic carbocycles. The maximum absolute atomic E-state index is 14.7. The van der Waals surface area contributed by atoms with E-state index in [0.717, 1.165) is 109 Å². The summed E-state index contributed by atoms with van der Waals surface area (Å²) >= 11 is 0. The van der Waals surface area contributed by atoms with Gasteiger partial charge in [0, 0.05) is 0 Å². The van der Waals surface area contributed by atoms with Gasteiger partial charge in [0.1, 0.15) is 0 Å². The fourth-order valence-corrected chi connectivity index (χ4v) is 7.95. The summed E-state index contributed by atoms with van der Waals surface area (Å²) in [6.07, 6.45) is 14.0. The Labute approximate surface area is 277 Å². The predicted molar refractivity (Wildman–Crippen MR) is 175 cm³/mol. The molecule has 0 atom stereocenters. The molecule has 2 aromatic rings. The predicted octanol–water partition coefficient (Wildman–Crippen LogP) is 12.8. The third-order valence-electron chi connectivity index (χ3n) is 10.6. The first-order valence-corrected chi connectivity index (χ1v) is 18.0. The summed E-state index contributed by atoms with van der Waals surface area (Å²) in [4.78, 5) is 0. The molecule has 0 aliphatic heterocycles. The van der Waals surface area contributed by atoms with Crippen LogP contribution in [-0.2, 0) is 0 Å². The van der Waals surface area contributed by atoms with Crippen molar-refractivity contribution in [1.29, 1.82) is 0 Å². The van der Waals surface area contributed by atoms with Crippen LogP contribution in [-0.4, -0.2) is 13.2 Å². The Bertz CT molecular complexity index is 1190. The zero-order valence-corrected chi connectivity index (χ0v) is 28.1. The zero-order valence-electron chi connectivity index (χ0n) is 28.1. The molecule has 2 saturated carbocycles. The van der Waals surface area contributed by atoms with Gasteiger partial charge in [-0.05, 0) is 137 Å². The van der Waals surface area contributed by atoms with Gasteiger partial charge in [-0.25, -0.2) is 8.78 Å². The van der Waals surface area contributed by atoms with Crippen molar-refractivity contribution in [2.75, 3.05) is 13.2 Å². The van der Waals surface area contributed by atoms with Crippen molar-refractivity contribution in [2.45, 2.75) is 128 Å². The number of rotatable bonds is 17. The number of unbranched alkanes of at least 4 members (excludes halogenated alkanes) is 2. The summed E-state index contributed by atoms with van der Waals surface area (Å²) in [5, 5.41) is 0. The molecule has 0 spiro atoms. The van der Waals surface area contributed by atoms with Crippen LogP contribution in [0.3, 0.4) is 0 Å². The molecule has 0 amide bonds. The van der Waals surface area contributed by atoms with E-state index < -0.39 is 29.3 Å². The number of halogens is 6. The van der Waals surface area contributed by atoms with Crippen molar-refractivity contribution in [2.24, 2.45) is 17.8 Å². The van der Waals surface area contributed by atoms with Crippen LogP contribution < -0.4 is 9.47 Å². The summed E-state index contributed by atoms with van der Waals surface area (Å²) in [5.41, 5.74) is 0.881. The normalized spacial score (nSPS) is 22.1. The minimum Gasteiger partial charge on any atom is -0.491 e. The molecule has 2 aliphatic rings. The highest BCUT2D eigenvalue weighted by molar-refractivity contribution is 5.34. The van der Waals surface area contributed by atoms with E-state index in [0.29, 0.717) is 23.0 Å².